The van der Waals surface area contributed by atoms with Gasteiger partial charge in [0.1, 0.15) is 31.0 Å². The fourth-order valence-electron chi connectivity index (χ4n) is 5.70. The lowest BCUT2D eigenvalue weighted by molar-refractivity contribution is -0.144. The van der Waals surface area contributed by atoms with Crippen molar-refractivity contribution in [2.24, 2.45) is 5.41 Å². The third-order valence-electron chi connectivity index (χ3n) is 8.56. The highest BCUT2D eigenvalue weighted by Gasteiger charge is 2.44. The molecule has 0 aliphatic carbocycles. The molecule has 0 unspecified atom stereocenters. The standard InChI is InChI=1S/C37H48N4O8S/c1-23(26-10-12-27(13-11-26)33-24(2)38-22-50-33)39-35(45)30-19-28(42)20-41(30)36(46)34(37(3,4)5)40-31(43)21-48-17-18-49-29-14-7-25(8-15-29)9-16-32(44)47-6/h7-8,10-15,22-23,28,30,34,42H,9,16-21H2,1-6H3,(H,39,45)(H,40,43)/t23-,28+,30-,34+/m0/s1. The zero-order chi connectivity index (χ0) is 36.4. The summed E-state index contributed by atoms with van der Waals surface area (Å²) in [5.74, 6) is -0.947. The maximum atomic E-state index is 13.9. The predicted octanol–water partition coefficient (Wildman–Crippen LogP) is 3.99. The van der Waals surface area contributed by atoms with Crippen LogP contribution >= 0.6 is 11.3 Å². The van der Waals surface area contributed by atoms with Gasteiger partial charge in [-0.3, -0.25) is 19.2 Å². The predicted molar refractivity (Wildman–Crippen MR) is 189 cm³/mol. The van der Waals surface area contributed by atoms with E-state index in [0.29, 0.717) is 18.6 Å². The minimum Gasteiger partial charge on any atom is -0.491 e. The fraction of sp³-hybridized carbons (Fsp3) is 0.486. The second-order valence-corrected chi connectivity index (χ2v) is 14.4. The molecule has 12 nitrogen and oxygen atoms in total. The van der Waals surface area contributed by atoms with Crippen LogP contribution in [0.15, 0.2) is 54.0 Å². The van der Waals surface area contributed by atoms with Gasteiger partial charge in [-0.25, -0.2) is 4.98 Å². The van der Waals surface area contributed by atoms with Gasteiger partial charge in [-0.1, -0.05) is 57.2 Å². The normalized spacial score (nSPS) is 17.1. The molecule has 1 aliphatic rings. The Morgan fingerprint density at radius 3 is 2.36 bits per heavy atom. The third-order valence-corrected chi connectivity index (χ3v) is 9.54. The highest BCUT2D eigenvalue weighted by molar-refractivity contribution is 7.13. The lowest BCUT2D eigenvalue weighted by Gasteiger charge is -2.35. The van der Waals surface area contributed by atoms with Crippen molar-refractivity contribution in [3.05, 3.63) is 70.9 Å². The van der Waals surface area contributed by atoms with Crippen LogP contribution in [0.1, 0.15) is 63.4 Å². The van der Waals surface area contributed by atoms with Gasteiger partial charge in [0.15, 0.2) is 0 Å². The van der Waals surface area contributed by atoms with Crippen molar-refractivity contribution in [1.29, 1.82) is 0 Å². The van der Waals surface area contributed by atoms with Crippen molar-refractivity contribution >= 4 is 35.0 Å². The van der Waals surface area contributed by atoms with Gasteiger partial charge in [0, 0.05) is 19.4 Å². The molecule has 4 atom stereocenters. The van der Waals surface area contributed by atoms with Gasteiger partial charge in [0.05, 0.1) is 41.9 Å². The van der Waals surface area contributed by atoms with E-state index in [4.69, 9.17) is 9.47 Å². The van der Waals surface area contributed by atoms with Crippen molar-refractivity contribution in [3.63, 3.8) is 0 Å². The maximum Gasteiger partial charge on any atom is 0.305 e. The van der Waals surface area contributed by atoms with Gasteiger partial charge < -0.3 is 34.9 Å². The summed E-state index contributed by atoms with van der Waals surface area (Å²) < 4.78 is 15.9. The second kappa shape index (κ2) is 17.6. The van der Waals surface area contributed by atoms with Crippen molar-refractivity contribution < 1.29 is 38.5 Å². The summed E-state index contributed by atoms with van der Waals surface area (Å²) in [6, 6.07) is 13.0. The number of aromatic nitrogens is 1. The van der Waals surface area contributed by atoms with Gasteiger partial charge in [-0.2, -0.15) is 0 Å². The van der Waals surface area contributed by atoms with E-state index in [9.17, 15) is 24.3 Å². The Balaban J connectivity index is 1.27. The van der Waals surface area contributed by atoms with Crippen molar-refractivity contribution in [2.75, 3.05) is 33.5 Å². The zero-order valence-electron chi connectivity index (χ0n) is 29.6. The Morgan fingerprint density at radius 1 is 1.04 bits per heavy atom. The molecule has 3 N–H and O–H groups in total. The van der Waals surface area contributed by atoms with E-state index in [1.54, 1.807) is 23.5 Å². The van der Waals surface area contributed by atoms with Crippen LogP contribution in [0.5, 0.6) is 5.75 Å². The summed E-state index contributed by atoms with van der Waals surface area (Å²) in [5, 5.41) is 16.3. The van der Waals surface area contributed by atoms with Crippen LogP contribution in [0.25, 0.3) is 10.4 Å². The van der Waals surface area contributed by atoms with Crippen LogP contribution in [0.2, 0.25) is 0 Å². The van der Waals surface area contributed by atoms with Crippen molar-refractivity contribution in [2.45, 2.75) is 78.1 Å². The Hall–Kier alpha value is -4.33. The van der Waals surface area contributed by atoms with E-state index in [2.05, 4.69) is 20.4 Å². The molecule has 0 radical (unpaired) electrons. The van der Waals surface area contributed by atoms with Gasteiger partial charge in [0.25, 0.3) is 0 Å². The fourth-order valence-corrected chi connectivity index (χ4v) is 6.51. The number of aliphatic hydroxyl groups is 1. The number of aliphatic hydroxyl groups excluding tert-OH is 1. The number of aryl methyl sites for hydroxylation is 2. The SMILES string of the molecule is COC(=O)CCc1ccc(OCCOCC(=O)N[C@H](C(=O)N2C[C@H](O)C[C@H]2C(=O)N[C@@H](C)c2ccc(-c3scnc3C)cc2)C(C)(C)C)cc1. The van der Waals surface area contributed by atoms with E-state index in [1.165, 1.54) is 12.0 Å². The molecule has 1 aromatic heterocycles. The highest BCUT2D eigenvalue weighted by Crippen LogP contribution is 2.29. The van der Waals surface area contributed by atoms with Gasteiger partial charge >= 0.3 is 5.97 Å². The van der Waals surface area contributed by atoms with Crippen LogP contribution in [0.4, 0.5) is 0 Å². The Labute approximate surface area is 297 Å². The molecular formula is C37H48N4O8S. The van der Waals surface area contributed by atoms with Crippen LogP contribution in [-0.4, -0.2) is 90.3 Å². The number of hydrogen-bond acceptors (Lipinski definition) is 10. The first kappa shape index (κ1) is 38.5. The second-order valence-electron chi connectivity index (χ2n) is 13.5. The largest absolute Gasteiger partial charge is 0.491 e. The van der Waals surface area contributed by atoms with Crippen LogP contribution in [0.3, 0.4) is 0 Å². The minimum atomic E-state index is -0.965. The number of carbonyl (C=O) groups excluding carboxylic acids is 4. The van der Waals surface area contributed by atoms with Crippen LogP contribution in [0, 0.1) is 12.3 Å². The number of rotatable bonds is 15. The number of benzene rings is 2. The number of esters is 1. The molecule has 1 saturated heterocycles. The topological polar surface area (TPSA) is 156 Å². The van der Waals surface area contributed by atoms with E-state index in [0.717, 1.165) is 27.3 Å². The minimum absolute atomic E-state index is 0.0171. The molecule has 1 aliphatic heterocycles. The highest BCUT2D eigenvalue weighted by atomic mass is 32.1. The molecule has 2 heterocycles. The summed E-state index contributed by atoms with van der Waals surface area (Å²) in [5.41, 5.74) is 5.01. The monoisotopic (exact) mass is 708 g/mol. The summed E-state index contributed by atoms with van der Waals surface area (Å²) >= 11 is 1.57. The van der Waals surface area contributed by atoms with E-state index in [-0.39, 0.29) is 50.7 Å². The molecule has 1 fully saturated rings. The lowest BCUT2D eigenvalue weighted by atomic mass is 9.85. The van der Waals surface area contributed by atoms with Crippen molar-refractivity contribution in [3.8, 4) is 16.2 Å². The molecular weight excluding hydrogens is 660 g/mol. The van der Waals surface area contributed by atoms with E-state index in [1.807, 2.05) is 76.5 Å². The zero-order valence-corrected chi connectivity index (χ0v) is 30.4. The van der Waals surface area contributed by atoms with Gasteiger partial charge in [0.2, 0.25) is 17.7 Å². The summed E-state index contributed by atoms with van der Waals surface area (Å²) in [6.45, 7) is 9.35. The quantitative estimate of drug-likeness (QED) is 0.157. The molecule has 0 saturated carbocycles. The molecule has 3 aromatic rings. The van der Waals surface area contributed by atoms with E-state index < -0.39 is 35.4 Å². The molecule has 3 amide bonds. The Morgan fingerprint density at radius 2 is 1.74 bits per heavy atom. The molecule has 2 aromatic carbocycles. The smallest absolute Gasteiger partial charge is 0.305 e. The maximum absolute atomic E-state index is 13.9. The van der Waals surface area contributed by atoms with Crippen LogP contribution < -0.4 is 15.4 Å². The first-order valence-electron chi connectivity index (χ1n) is 16.7. The molecule has 0 spiro atoms. The Bertz CT molecular complexity index is 1600. The first-order chi connectivity index (χ1) is 23.8. The Kier molecular flexibility index (Phi) is 13.5. The number of β-amino-alcohol motifs (C(OH)–C–C–N with tert-alkyl or cyclic N) is 1. The summed E-state index contributed by atoms with van der Waals surface area (Å²) in [4.78, 5) is 58.4. The van der Waals surface area contributed by atoms with Gasteiger partial charge in [-0.05, 0) is 54.5 Å². The first-order valence-corrected chi connectivity index (χ1v) is 17.6. The number of hydrogen-bond donors (Lipinski definition) is 3. The van der Waals surface area contributed by atoms with Crippen molar-refractivity contribution in [1.82, 2.24) is 20.5 Å². The average molecular weight is 709 g/mol. The number of methoxy groups -OCH3 is 1. The number of likely N-dealkylation sites (tertiary alicyclic amines) is 1. The van der Waals surface area contributed by atoms with Crippen LogP contribution in [-0.2, 0) is 35.1 Å². The van der Waals surface area contributed by atoms with E-state index >= 15 is 0 Å². The molecule has 0 bridgehead atoms. The third kappa shape index (κ3) is 10.6. The number of thiazole rings is 1. The summed E-state index contributed by atoms with van der Waals surface area (Å²) in [6.07, 6.45) is 0.0908. The average Bonchev–Trinajstić information content (AvgIpc) is 3.70. The number of amides is 3. The molecule has 13 heteroatoms. The summed E-state index contributed by atoms with van der Waals surface area (Å²) in [7, 11) is 1.36. The number of nitrogens with zero attached hydrogens (tertiary/aromatic N) is 2. The number of ether oxygens (including phenoxy) is 3. The number of carbonyl (C=O) groups is 4. The molecule has 4 rings (SSSR count). The lowest BCUT2D eigenvalue weighted by Crippen LogP contribution is -2.58. The molecule has 270 valence electrons. The number of nitrogens with one attached hydrogen (secondary N) is 2. The molecule has 50 heavy (non-hydrogen) atoms. The van der Waals surface area contributed by atoms with Gasteiger partial charge in [-0.15, -0.1) is 11.3 Å².